The number of aryl methyl sites for hydroxylation is 1. The van der Waals surface area contributed by atoms with Crippen molar-refractivity contribution in [2.24, 2.45) is 0 Å². The number of thioether (sulfide) groups is 1. The SMILES string of the molecule is Cc1nonc1CSc1ccc(F)cc1N. The molecule has 16 heavy (non-hydrogen) atoms. The maximum atomic E-state index is 12.8. The van der Waals surface area contributed by atoms with Gasteiger partial charge >= 0.3 is 0 Å². The van der Waals surface area contributed by atoms with E-state index in [1.54, 1.807) is 6.07 Å². The standard InChI is InChI=1S/C10H10FN3OS/c1-6-9(14-15-13-6)5-16-10-3-2-7(11)4-8(10)12/h2-4H,5,12H2,1H3. The van der Waals surface area contributed by atoms with Gasteiger partial charge in [0.1, 0.15) is 17.2 Å². The van der Waals surface area contributed by atoms with Gasteiger partial charge in [0.15, 0.2) is 0 Å². The Morgan fingerprint density at radius 3 is 2.88 bits per heavy atom. The van der Waals surface area contributed by atoms with Crippen LogP contribution in [0.4, 0.5) is 10.1 Å². The number of anilines is 1. The molecule has 0 unspecified atom stereocenters. The molecule has 0 radical (unpaired) electrons. The van der Waals surface area contributed by atoms with Crippen molar-refractivity contribution in [3.05, 3.63) is 35.4 Å². The molecule has 0 saturated heterocycles. The fourth-order valence-electron chi connectivity index (χ4n) is 1.18. The highest BCUT2D eigenvalue weighted by Gasteiger charge is 2.07. The fourth-order valence-corrected chi connectivity index (χ4v) is 2.12. The first-order chi connectivity index (χ1) is 7.66. The van der Waals surface area contributed by atoms with Crippen LogP contribution in [0, 0.1) is 12.7 Å². The Morgan fingerprint density at radius 1 is 1.44 bits per heavy atom. The molecule has 0 aliphatic rings. The highest BCUT2D eigenvalue weighted by Crippen LogP contribution is 2.28. The molecule has 1 aromatic carbocycles. The van der Waals surface area contributed by atoms with Crippen LogP contribution in [0.3, 0.4) is 0 Å². The highest BCUT2D eigenvalue weighted by atomic mass is 32.2. The van der Waals surface area contributed by atoms with Crippen molar-refractivity contribution in [1.29, 1.82) is 0 Å². The Hall–Kier alpha value is -1.56. The molecule has 0 aliphatic carbocycles. The number of hydrogen-bond donors (Lipinski definition) is 1. The van der Waals surface area contributed by atoms with Gasteiger partial charge in [-0.05, 0) is 25.1 Å². The van der Waals surface area contributed by atoms with Gasteiger partial charge in [0.2, 0.25) is 0 Å². The van der Waals surface area contributed by atoms with Crippen molar-refractivity contribution < 1.29 is 9.02 Å². The lowest BCUT2D eigenvalue weighted by Gasteiger charge is -2.03. The maximum absolute atomic E-state index is 12.8. The summed E-state index contributed by atoms with van der Waals surface area (Å²) in [5, 5.41) is 7.43. The summed E-state index contributed by atoms with van der Waals surface area (Å²) >= 11 is 1.47. The molecule has 1 heterocycles. The Kier molecular flexibility index (Phi) is 3.09. The van der Waals surface area contributed by atoms with Gasteiger partial charge in [-0.2, -0.15) is 0 Å². The van der Waals surface area contributed by atoms with E-state index in [0.717, 1.165) is 16.3 Å². The van der Waals surface area contributed by atoms with Crippen LogP contribution in [0.5, 0.6) is 0 Å². The molecule has 6 heteroatoms. The molecule has 0 spiro atoms. The zero-order chi connectivity index (χ0) is 11.5. The monoisotopic (exact) mass is 239 g/mol. The molecule has 0 atom stereocenters. The number of benzene rings is 1. The number of hydrogen-bond acceptors (Lipinski definition) is 5. The van der Waals surface area contributed by atoms with Gasteiger partial charge in [-0.15, -0.1) is 11.8 Å². The van der Waals surface area contributed by atoms with E-state index < -0.39 is 0 Å². The van der Waals surface area contributed by atoms with E-state index in [4.69, 9.17) is 5.73 Å². The molecule has 0 bridgehead atoms. The summed E-state index contributed by atoms with van der Waals surface area (Å²) in [6, 6.07) is 4.33. The van der Waals surface area contributed by atoms with Gasteiger partial charge in [0.05, 0.1) is 0 Å². The zero-order valence-electron chi connectivity index (χ0n) is 8.61. The molecule has 0 amide bonds. The molecule has 0 aliphatic heterocycles. The van der Waals surface area contributed by atoms with Crippen molar-refractivity contribution in [3.8, 4) is 0 Å². The topological polar surface area (TPSA) is 64.9 Å². The zero-order valence-corrected chi connectivity index (χ0v) is 9.42. The molecule has 84 valence electrons. The molecular formula is C10H10FN3OS. The largest absolute Gasteiger partial charge is 0.398 e. The van der Waals surface area contributed by atoms with Crippen LogP contribution in [0.25, 0.3) is 0 Å². The minimum absolute atomic E-state index is 0.332. The summed E-state index contributed by atoms with van der Waals surface area (Å²) in [5.41, 5.74) is 7.64. The summed E-state index contributed by atoms with van der Waals surface area (Å²) in [6.07, 6.45) is 0. The van der Waals surface area contributed by atoms with E-state index in [1.165, 1.54) is 23.9 Å². The van der Waals surface area contributed by atoms with Crippen molar-refractivity contribution in [1.82, 2.24) is 10.3 Å². The lowest BCUT2D eigenvalue weighted by Crippen LogP contribution is -1.91. The van der Waals surface area contributed by atoms with E-state index in [-0.39, 0.29) is 5.82 Å². The second-order valence-electron chi connectivity index (χ2n) is 3.27. The lowest BCUT2D eigenvalue weighted by molar-refractivity contribution is 0.302. The second kappa shape index (κ2) is 4.52. The van der Waals surface area contributed by atoms with Crippen molar-refractivity contribution in [2.75, 3.05) is 5.73 Å². The molecule has 4 nitrogen and oxygen atoms in total. The van der Waals surface area contributed by atoms with Gasteiger partial charge in [-0.3, -0.25) is 0 Å². The average molecular weight is 239 g/mol. The quantitative estimate of drug-likeness (QED) is 0.658. The van der Waals surface area contributed by atoms with Gasteiger partial charge in [0.25, 0.3) is 0 Å². The van der Waals surface area contributed by atoms with Crippen LogP contribution >= 0.6 is 11.8 Å². The highest BCUT2D eigenvalue weighted by molar-refractivity contribution is 7.98. The summed E-state index contributed by atoms with van der Waals surface area (Å²) in [4.78, 5) is 0.823. The summed E-state index contributed by atoms with van der Waals surface area (Å²) in [7, 11) is 0. The molecule has 2 N–H and O–H groups in total. The van der Waals surface area contributed by atoms with E-state index in [2.05, 4.69) is 14.9 Å². The van der Waals surface area contributed by atoms with E-state index in [1.807, 2.05) is 6.92 Å². The third-order valence-corrected chi connectivity index (χ3v) is 3.18. The van der Waals surface area contributed by atoms with Crippen LogP contribution in [0.2, 0.25) is 0 Å². The molecule has 2 aromatic rings. The maximum Gasteiger partial charge on any atom is 0.125 e. The van der Waals surface area contributed by atoms with Crippen LogP contribution < -0.4 is 5.73 Å². The van der Waals surface area contributed by atoms with E-state index >= 15 is 0 Å². The predicted octanol–water partition coefficient (Wildman–Crippen LogP) is 2.39. The second-order valence-corrected chi connectivity index (χ2v) is 4.28. The first kappa shape index (κ1) is 10.9. The Balaban J connectivity index is 2.08. The van der Waals surface area contributed by atoms with Gasteiger partial charge < -0.3 is 5.73 Å². The average Bonchev–Trinajstić information content (AvgIpc) is 2.63. The van der Waals surface area contributed by atoms with Crippen LogP contribution in [-0.4, -0.2) is 10.3 Å². The van der Waals surface area contributed by atoms with Crippen LogP contribution in [0.1, 0.15) is 11.4 Å². The fraction of sp³-hybridized carbons (Fsp3) is 0.200. The molecule has 2 rings (SSSR count). The molecule has 0 saturated carbocycles. The number of nitrogens with zero attached hydrogens (tertiary/aromatic N) is 2. The van der Waals surface area contributed by atoms with Crippen LogP contribution in [-0.2, 0) is 5.75 Å². The van der Waals surface area contributed by atoms with Crippen molar-refractivity contribution in [2.45, 2.75) is 17.6 Å². The predicted molar refractivity (Wildman–Crippen MR) is 59.4 cm³/mol. The summed E-state index contributed by atoms with van der Waals surface area (Å²) in [5.74, 6) is 0.270. The smallest absolute Gasteiger partial charge is 0.125 e. The number of aromatic nitrogens is 2. The molecular weight excluding hydrogens is 229 g/mol. The van der Waals surface area contributed by atoms with Gasteiger partial charge in [-0.25, -0.2) is 9.02 Å². The molecule has 0 fully saturated rings. The Labute approximate surface area is 96.0 Å². The normalized spacial score (nSPS) is 10.6. The Bertz CT molecular complexity index is 501. The third kappa shape index (κ3) is 2.33. The third-order valence-electron chi connectivity index (χ3n) is 2.08. The first-order valence-electron chi connectivity index (χ1n) is 4.62. The minimum atomic E-state index is -0.332. The van der Waals surface area contributed by atoms with Gasteiger partial charge in [-0.1, -0.05) is 10.3 Å². The Morgan fingerprint density at radius 2 is 2.25 bits per heavy atom. The van der Waals surface area contributed by atoms with Crippen molar-refractivity contribution >= 4 is 17.4 Å². The summed E-state index contributed by atoms with van der Waals surface area (Å²) in [6.45, 7) is 1.82. The number of halogens is 1. The first-order valence-corrected chi connectivity index (χ1v) is 5.61. The van der Waals surface area contributed by atoms with Gasteiger partial charge in [0, 0.05) is 16.3 Å². The van der Waals surface area contributed by atoms with E-state index in [9.17, 15) is 4.39 Å². The lowest BCUT2D eigenvalue weighted by atomic mass is 10.3. The van der Waals surface area contributed by atoms with E-state index in [0.29, 0.717) is 11.4 Å². The minimum Gasteiger partial charge on any atom is -0.398 e. The molecule has 1 aromatic heterocycles. The van der Waals surface area contributed by atoms with Crippen LogP contribution in [0.15, 0.2) is 27.7 Å². The number of nitrogens with two attached hydrogens (primary N) is 1. The van der Waals surface area contributed by atoms with Crippen molar-refractivity contribution in [3.63, 3.8) is 0 Å². The number of nitrogen functional groups attached to an aromatic ring is 1. The summed E-state index contributed by atoms with van der Waals surface area (Å²) < 4.78 is 17.4. The number of rotatable bonds is 3.